The molecule has 2 aliphatic heterocycles. The Kier molecular flexibility index (Phi) is 4.02. The predicted octanol–water partition coefficient (Wildman–Crippen LogP) is 4.03. The summed E-state index contributed by atoms with van der Waals surface area (Å²) in [6.07, 6.45) is 4.74. The highest BCUT2D eigenvalue weighted by atomic mass is 16.5. The zero-order valence-corrected chi connectivity index (χ0v) is 16.4. The molecule has 2 aliphatic rings. The lowest BCUT2D eigenvalue weighted by molar-refractivity contribution is -0.124. The van der Waals surface area contributed by atoms with Gasteiger partial charge in [0.15, 0.2) is 0 Å². The van der Waals surface area contributed by atoms with E-state index < -0.39 is 5.66 Å². The maximum atomic E-state index is 12.4. The molecule has 4 rings (SSSR count). The Morgan fingerprint density at radius 1 is 1.19 bits per heavy atom. The average Bonchev–Trinajstić information content (AvgIpc) is 2.84. The van der Waals surface area contributed by atoms with Crippen LogP contribution < -0.4 is 15.0 Å². The molecule has 1 atom stereocenters. The van der Waals surface area contributed by atoms with E-state index in [0.29, 0.717) is 13.0 Å². The first-order valence-electron chi connectivity index (χ1n) is 9.40. The van der Waals surface area contributed by atoms with Crippen LogP contribution in [-0.2, 0) is 10.2 Å². The Hall–Kier alpha value is -2.75. The molecular formula is C23H26N2O2. The average molecular weight is 362 g/mol. The molecule has 1 saturated heterocycles. The molecule has 1 fully saturated rings. The summed E-state index contributed by atoms with van der Waals surface area (Å²) in [6.45, 7) is 7.26. The molecule has 0 bridgehead atoms. The first-order valence-corrected chi connectivity index (χ1v) is 9.40. The van der Waals surface area contributed by atoms with Crippen LogP contribution in [0.5, 0.6) is 5.75 Å². The normalized spacial score (nSPS) is 23.1. The minimum atomic E-state index is -0.582. The number of hydrogen-bond acceptors (Lipinski definition) is 3. The number of fused-ring (bicyclic) bond motifs is 3. The van der Waals surface area contributed by atoms with Crippen LogP contribution in [0.2, 0.25) is 0 Å². The van der Waals surface area contributed by atoms with Crippen molar-refractivity contribution in [2.24, 2.45) is 0 Å². The summed E-state index contributed by atoms with van der Waals surface area (Å²) >= 11 is 0. The van der Waals surface area contributed by atoms with Gasteiger partial charge in [-0.1, -0.05) is 49.8 Å². The van der Waals surface area contributed by atoms with E-state index in [1.165, 1.54) is 16.8 Å². The monoisotopic (exact) mass is 362 g/mol. The fourth-order valence-electron chi connectivity index (χ4n) is 4.43. The van der Waals surface area contributed by atoms with Crippen molar-refractivity contribution >= 4 is 17.7 Å². The summed E-state index contributed by atoms with van der Waals surface area (Å²) in [6, 6.07) is 14.5. The number of nitrogens with one attached hydrogen (secondary N) is 1. The van der Waals surface area contributed by atoms with Gasteiger partial charge in [0.25, 0.3) is 0 Å². The lowest BCUT2D eigenvalue weighted by Gasteiger charge is -2.49. The van der Waals surface area contributed by atoms with E-state index in [1.807, 2.05) is 24.3 Å². The Balaban J connectivity index is 1.83. The molecular weight excluding hydrogens is 336 g/mol. The van der Waals surface area contributed by atoms with Crippen LogP contribution in [0.1, 0.15) is 37.0 Å². The number of benzene rings is 2. The molecule has 4 heteroatoms. The molecule has 4 nitrogen and oxygen atoms in total. The van der Waals surface area contributed by atoms with E-state index in [1.54, 1.807) is 7.11 Å². The van der Waals surface area contributed by atoms with Crippen molar-refractivity contribution in [2.75, 3.05) is 18.6 Å². The quantitative estimate of drug-likeness (QED) is 0.896. The molecule has 0 aliphatic carbocycles. The largest absolute Gasteiger partial charge is 0.497 e. The highest BCUT2D eigenvalue weighted by molar-refractivity contribution is 5.84. The van der Waals surface area contributed by atoms with Gasteiger partial charge in [-0.05, 0) is 42.3 Å². The Labute approximate surface area is 160 Å². The van der Waals surface area contributed by atoms with Gasteiger partial charge in [0.1, 0.15) is 11.4 Å². The topological polar surface area (TPSA) is 41.6 Å². The lowest BCUT2D eigenvalue weighted by atomic mass is 9.74. The van der Waals surface area contributed by atoms with Crippen LogP contribution in [0.15, 0.2) is 48.5 Å². The molecule has 2 aromatic carbocycles. The molecule has 0 spiro atoms. The number of nitrogens with zero attached hydrogens (tertiary/aromatic N) is 1. The maximum absolute atomic E-state index is 12.4. The molecule has 2 aromatic rings. The number of aryl methyl sites for hydroxylation is 1. The van der Waals surface area contributed by atoms with Gasteiger partial charge >= 0.3 is 0 Å². The summed E-state index contributed by atoms with van der Waals surface area (Å²) in [5.41, 5.74) is 3.92. The van der Waals surface area contributed by atoms with Crippen LogP contribution in [0.4, 0.5) is 5.69 Å². The molecule has 0 radical (unpaired) electrons. The Bertz CT molecular complexity index is 932. The smallest absolute Gasteiger partial charge is 0.223 e. The fraction of sp³-hybridized carbons (Fsp3) is 0.348. The van der Waals surface area contributed by atoms with Gasteiger partial charge in [-0.2, -0.15) is 0 Å². The van der Waals surface area contributed by atoms with Gasteiger partial charge in [-0.3, -0.25) is 4.79 Å². The third-order valence-electron chi connectivity index (χ3n) is 6.00. The van der Waals surface area contributed by atoms with Crippen LogP contribution in [0, 0.1) is 6.92 Å². The first kappa shape index (κ1) is 17.7. The number of hydrogen-bond donors (Lipinski definition) is 1. The van der Waals surface area contributed by atoms with E-state index in [0.717, 1.165) is 11.3 Å². The van der Waals surface area contributed by atoms with Crippen molar-refractivity contribution in [3.63, 3.8) is 0 Å². The second kappa shape index (κ2) is 6.15. The second-order valence-corrected chi connectivity index (χ2v) is 7.97. The third-order valence-corrected chi connectivity index (χ3v) is 6.00. The number of methoxy groups -OCH3 is 1. The van der Waals surface area contributed by atoms with E-state index in [9.17, 15) is 4.79 Å². The van der Waals surface area contributed by atoms with E-state index in [-0.39, 0.29) is 11.3 Å². The number of carbonyl (C=O) groups is 1. The summed E-state index contributed by atoms with van der Waals surface area (Å²) in [7, 11) is 1.67. The molecule has 2 heterocycles. The fourth-order valence-corrected chi connectivity index (χ4v) is 4.43. The summed E-state index contributed by atoms with van der Waals surface area (Å²) in [5.74, 6) is 0.919. The van der Waals surface area contributed by atoms with Gasteiger partial charge in [0, 0.05) is 24.1 Å². The zero-order valence-electron chi connectivity index (χ0n) is 16.4. The zero-order chi connectivity index (χ0) is 19.2. The van der Waals surface area contributed by atoms with Crippen LogP contribution in [-0.4, -0.2) is 25.2 Å². The van der Waals surface area contributed by atoms with Gasteiger partial charge < -0.3 is 15.0 Å². The van der Waals surface area contributed by atoms with Gasteiger partial charge in [-0.15, -0.1) is 0 Å². The van der Waals surface area contributed by atoms with E-state index in [4.69, 9.17) is 4.74 Å². The molecule has 0 aromatic heterocycles. The number of rotatable bonds is 3. The standard InChI is InChI=1S/C23H26N2O2/c1-16-8-9-20-19(14-16)22(2,3)23(24-21(26)11-13-25(20)23)12-10-17-6-5-7-18(15-17)27-4/h5-10,12,14-15H,11,13H2,1-4H3,(H,24,26)/b12-10+. The van der Waals surface area contributed by atoms with Crippen LogP contribution >= 0.6 is 0 Å². The summed E-state index contributed by atoms with van der Waals surface area (Å²) < 4.78 is 5.34. The van der Waals surface area contributed by atoms with Gasteiger partial charge in [0.2, 0.25) is 5.91 Å². The number of ether oxygens (including phenoxy) is 1. The van der Waals surface area contributed by atoms with E-state index >= 15 is 0 Å². The minimum Gasteiger partial charge on any atom is -0.497 e. The van der Waals surface area contributed by atoms with Crippen LogP contribution in [0.3, 0.4) is 0 Å². The number of carbonyl (C=O) groups excluding carboxylic acids is 1. The highest BCUT2D eigenvalue weighted by Crippen LogP contribution is 2.52. The van der Waals surface area contributed by atoms with Crippen LogP contribution in [0.25, 0.3) is 6.08 Å². The van der Waals surface area contributed by atoms with Gasteiger partial charge in [-0.25, -0.2) is 0 Å². The summed E-state index contributed by atoms with van der Waals surface area (Å²) in [4.78, 5) is 14.8. The van der Waals surface area contributed by atoms with Crippen molar-refractivity contribution in [2.45, 2.75) is 38.3 Å². The number of amides is 1. The molecule has 1 unspecified atom stereocenters. The minimum absolute atomic E-state index is 0.0964. The summed E-state index contributed by atoms with van der Waals surface area (Å²) in [5, 5.41) is 3.32. The Morgan fingerprint density at radius 2 is 2.00 bits per heavy atom. The first-order chi connectivity index (χ1) is 12.9. The SMILES string of the molecule is COc1cccc(/C=C/C23NC(=O)CCN2c2ccc(C)cc2C3(C)C)c1. The maximum Gasteiger partial charge on any atom is 0.223 e. The lowest BCUT2D eigenvalue weighted by Crippen LogP contribution is -2.68. The number of anilines is 1. The van der Waals surface area contributed by atoms with Crippen molar-refractivity contribution in [3.8, 4) is 5.75 Å². The highest BCUT2D eigenvalue weighted by Gasteiger charge is 2.57. The Morgan fingerprint density at radius 3 is 2.78 bits per heavy atom. The van der Waals surface area contributed by atoms with Crippen molar-refractivity contribution in [3.05, 3.63) is 65.2 Å². The molecule has 1 N–H and O–H groups in total. The predicted molar refractivity (Wildman–Crippen MR) is 109 cm³/mol. The van der Waals surface area contributed by atoms with Crippen molar-refractivity contribution in [1.29, 1.82) is 0 Å². The van der Waals surface area contributed by atoms with Crippen molar-refractivity contribution in [1.82, 2.24) is 5.32 Å². The molecule has 27 heavy (non-hydrogen) atoms. The third kappa shape index (κ3) is 2.62. The van der Waals surface area contributed by atoms with E-state index in [2.05, 4.69) is 61.3 Å². The molecule has 1 amide bonds. The second-order valence-electron chi connectivity index (χ2n) is 7.97. The van der Waals surface area contributed by atoms with Crippen molar-refractivity contribution < 1.29 is 9.53 Å². The van der Waals surface area contributed by atoms with Gasteiger partial charge in [0.05, 0.1) is 7.11 Å². The molecule has 0 saturated carbocycles. The molecule has 140 valence electrons.